The van der Waals surface area contributed by atoms with E-state index in [0.29, 0.717) is 19.8 Å². The van der Waals surface area contributed by atoms with Crippen LogP contribution in [-0.4, -0.2) is 75.3 Å². The quantitative estimate of drug-likeness (QED) is 0.150. The summed E-state index contributed by atoms with van der Waals surface area (Å²) in [6, 6.07) is 0. The van der Waals surface area contributed by atoms with Crippen LogP contribution in [-0.2, 0) is 20.5 Å². The Kier molecular flexibility index (Phi) is 20.1. The van der Waals surface area contributed by atoms with Crippen LogP contribution in [0.2, 0.25) is 13.3 Å². The third kappa shape index (κ3) is 13.0. The van der Waals surface area contributed by atoms with Gasteiger partial charge in [-0.05, 0) is 0 Å². The monoisotopic (exact) mass is 652 g/mol. The van der Waals surface area contributed by atoms with Crippen LogP contribution in [0.4, 0.5) is 0 Å². The zero-order chi connectivity index (χ0) is 22.0. The van der Waals surface area contributed by atoms with Crippen LogP contribution in [0.5, 0.6) is 0 Å². The van der Waals surface area contributed by atoms with E-state index < -0.39 is 48.8 Å². The van der Waals surface area contributed by atoms with Crippen molar-refractivity contribution in [1.82, 2.24) is 0 Å². The van der Waals surface area contributed by atoms with Gasteiger partial charge in [0.1, 0.15) is 0 Å². The van der Waals surface area contributed by atoms with Crippen LogP contribution in [0, 0.1) is 0 Å². The van der Waals surface area contributed by atoms with Gasteiger partial charge in [0.15, 0.2) is 0 Å². The SMILES string of the molecule is CCC[CH2][SnH]([O]CC)[O][Sn]([CH2]CCC)([CH2]CCC)[O][Si](OCC)(OCC)OCC. The van der Waals surface area contributed by atoms with Crippen molar-refractivity contribution in [3.05, 3.63) is 0 Å². The van der Waals surface area contributed by atoms with Gasteiger partial charge in [-0.2, -0.15) is 0 Å². The number of rotatable bonds is 21. The summed E-state index contributed by atoms with van der Waals surface area (Å²) in [6.07, 6.45) is 6.85. The molecule has 0 aliphatic rings. The summed E-state index contributed by atoms with van der Waals surface area (Å²) < 4.78 is 41.6. The molecule has 0 saturated heterocycles. The summed E-state index contributed by atoms with van der Waals surface area (Å²) in [7, 11) is -3.21. The van der Waals surface area contributed by atoms with Gasteiger partial charge in [0.2, 0.25) is 0 Å². The van der Waals surface area contributed by atoms with Gasteiger partial charge in [-0.3, -0.25) is 0 Å². The Hall–Kier alpha value is 1.57. The maximum atomic E-state index is 7.05. The molecule has 0 spiro atoms. The van der Waals surface area contributed by atoms with Crippen molar-refractivity contribution in [2.24, 2.45) is 0 Å². The molecule has 0 rings (SSSR count). The third-order valence-electron chi connectivity index (χ3n) is 4.59. The topological polar surface area (TPSA) is 55.4 Å². The number of hydrogen-bond donors (Lipinski definition) is 0. The van der Waals surface area contributed by atoms with Crippen LogP contribution in [0.3, 0.4) is 0 Å². The van der Waals surface area contributed by atoms with E-state index in [4.69, 9.17) is 20.5 Å². The molecular weight excluding hydrogens is 602 g/mol. The second-order valence-electron chi connectivity index (χ2n) is 7.16. The first kappa shape index (κ1) is 30.6. The van der Waals surface area contributed by atoms with E-state index in [2.05, 4.69) is 27.7 Å². The van der Waals surface area contributed by atoms with Gasteiger partial charge in [0.05, 0.1) is 0 Å². The molecule has 0 bridgehead atoms. The minimum atomic E-state index is -3.52. The van der Waals surface area contributed by atoms with E-state index in [1.54, 1.807) is 0 Å². The van der Waals surface area contributed by atoms with Crippen molar-refractivity contribution >= 4 is 48.8 Å². The molecule has 0 amide bonds. The van der Waals surface area contributed by atoms with Crippen molar-refractivity contribution < 1.29 is 20.5 Å². The number of unbranched alkanes of at least 4 members (excludes halogenated alkanes) is 3. The number of hydrogen-bond acceptors (Lipinski definition) is 6. The molecule has 1 atom stereocenters. The van der Waals surface area contributed by atoms with Gasteiger partial charge in [-0.1, -0.05) is 0 Å². The zero-order valence-electron chi connectivity index (χ0n) is 20.2. The molecule has 0 radical (unpaired) electrons. The standard InChI is InChI=1S/C6H15O4Si.3C4H9.C2H5O.O.2Sn.H/c1-4-8-11(7,9-5-2)10-6-3;3*1-3-4-2;1-2-3;;;;/h4-6H2,1-3H3;3*1,3-4H2,2H3;2H2,1H3;;;;/q-1;;;;-1;;2*+1;. The van der Waals surface area contributed by atoms with Gasteiger partial charge in [-0.25, -0.2) is 0 Å². The summed E-state index contributed by atoms with van der Waals surface area (Å²) in [5.41, 5.74) is 0. The minimum absolute atomic E-state index is 0.518. The summed E-state index contributed by atoms with van der Waals surface area (Å²) in [5, 5.41) is 0. The molecule has 0 aliphatic heterocycles. The fourth-order valence-corrected chi connectivity index (χ4v) is 45.0. The Labute approximate surface area is 195 Å². The van der Waals surface area contributed by atoms with Gasteiger partial charge >= 0.3 is 196 Å². The molecule has 0 aromatic heterocycles. The van der Waals surface area contributed by atoms with E-state index in [1.165, 1.54) is 12.8 Å². The molecule has 6 nitrogen and oxygen atoms in total. The van der Waals surface area contributed by atoms with Crippen molar-refractivity contribution in [1.29, 1.82) is 0 Å². The second kappa shape index (κ2) is 19.1. The second-order valence-corrected chi connectivity index (χ2v) is 29.3. The van der Waals surface area contributed by atoms with E-state index >= 15 is 0 Å². The molecule has 0 N–H and O–H groups in total. The predicted octanol–water partition coefficient (Wildman–Crippen LogP) is 5.66. The Morgan fingerprint density at radius 1 is 0.655 bits per heavy atom. The van der Waals surface area contributed by atoms with Gasteiger partial charge < -0.3 is 0 Å². The molecule has 0 aromatic carbocycles. The first-order chi connectivity index (χ1) is 14.0. The predicted molar refractivity (Wildman–Crippen MR) is 126 cm³/mol. The molecular formula is C20H48O6SiSn2. The Bertz CT molecular complexity index is 354. The molecule has 0 heterocycles. The average molecular weight is 650 g/mol. The zero-order valence-corrected chi connectivity index (χ0v) is 27.4. The van der Waals surface area contributed by atoms with Crippen LogP contribution in [0.1, 0.15) is 87.0 Å². The van der Waals surface area contributed by atoms with Crippen molar-refractivity contribution in [3.8, 4) is 0 Å². The molecule has 0 aliphatic carbocycles. The average Bonchev–Trinajstić information content (AvgIpc) is 2.69. The van der Waals surface area contributed by atoms with Crippen molar-refractivity contribution in [3.63, 3.8) is 0 Å². The summed E-state index contributed by atoms with van der Waals surface area (Å²) in [5.74, 6) is 0. The first-order valence-corrected chi connectivity index (χ1v) is 24.9. The van der Waals surface area contributed by atoms with Crippen LogP contribution < -0.4 is 0 Å². The molecule has 0 saturated carbocycles. The summed E-state index contributed by atoms with van der Waals surface area (Å²) in [6.45, 7) is 17.0. The Balaban J connectivity index is 5.88. The fraction of sp³-hybridized carbons (Fsp3) is 1.00. The third-order valence-corrected chi connectivity index (χ3v) is 38.6. The van der Waals surface area contributed by atoms with E-state index in [1.807, 2.05) is 20.8 Å². The van der Waals surface area contributed by atoms with Crippen LogP contribution in [0.25, 0.3) is 0 Å². The first-order valence-electron chi connectivity index (χ1n) is 11.9. The van der Waals surface area contributed by atoms with E-state index in [-0.39, 0.29) is 0 Å². The molecule has 9 heteroatoms. The van der Waals surface area contributed by atoms with Crippen LogP contribution >= 0.6 is 0 Å². The molecule has 176 valence electrons. The van der Waals surface area contributed by atoms with Gasteiger partial charge in [0.25, 0.3) is 0 Å². The maximum absolute atomic E-state index is 7.05. The Morgan fingerprint density at radius 2 is 1.14 bits per heavy atom. The normalized spacial score (nSPS) is 13.8. The molecule has 0 aromatic rings. The van der Waals surface area contributed by atoms with Gasteiger partial charge in [0, 0.05) is 0 Å². The summed E-state index contributed by atoms with van der Waals surface area (Å²) >= 11 is -6.12. The molecule has 29 heavy (non-hydrogen) atoms. The van der Waals surface area contributed by atoms with Crippen molar-refractivity contribution in [2.45, 2.75) is 100 Å². The van der Waals surface area contributed by atoms with E-state index in [9.17, 15) is 0 Å². The molecule has 1 unspecified atom stereocenters. The van der Waals surface area contributed by atoms with E-state index in [0.717, 1.165) is 45.6 Å². The van der Waals surface area contributed by atoms with Gasteiger partial charge in [-0.15, -0.1) is 0 Å². The van der Waals surface area contributed by atoms with Crippen molar-refractivity contribution in [2.75, 3.05) is 26.4 Å². The fourth-order valence-electron chi connectivity index (χ4n) is 3.21. The van der Waals surface area contributed by atoms with Crippen LogP contribution in [0.15, 0.2) is 0 Å². The Morgan fingerprint density at radius 3 is 1.52 bits per heavy atom. The summed E-state index contributed by atoms with van der Waals surface area (Å²) in [4.78, 5) is 0. The molecule has 0 fully saturated rings.